The lowest BCUT2D eigenvalue weighted by Gasteiger charge is -2.15. The molecule has 0 saturated heterocycles. The largest absolute Gasteiger partial charge is 0.348 e. The quantitative estimate of drug-likeness (QED) is 0.382. The number of benzene rings is 1. The molecule has 1 atom stereocenters. The van der Waals surface area contributed by atoms with Crippen molar-refractivity contribution in [2.75, 3.05) is 5.75 Å². The summed E-state index contributed by atoms with van der Waals surface area (Å²) in [6.07, 6.45) is 0.857. The van der Waals surface area contributed by atoms with Gasteiger partial charge in [-0.2, -0.15) is 0 Å². The summed E-state index contributed by atoms with van der Waals surface area (Å²) in [5.41, 5.74) is 0.459. The lowest BCUT2D eigenvalue weighted by molar-refractivity contribution is -0.119. The first-order valence-electron chi connectivity index (χ1n) is 9.51. The van der Waals surface area contributed by atoms with Gasteiger partial charge in [-0.3, -0.25) is 14.2 Å². The van der Waals surface area contributed by atoms with Crippen LogP contribution in [0.4, 0.5) is 0 Å². The minimum Gasteiger partial charge on any atom is -0.348 e. The summed E-state index contributed by atoms with van der Waals surface area (Å²) in [4.78, 5) is 31.2. The molecule has 29 heavy (non-hydrogen) atoms. The number of hydrogen-bond acceptors (Lipinski definition) is 5. The zero-order valence-electron chi connectivity index (χ0n) is 16.6. The number of nitrogens with one attached hydrogen (secondary N) is 1. The maximum Gasteiger partial charge on any atom is 0.262 e. The summed E-state index contributed by atoms with van der Waals surface area (Å²) in [5.74, 6) is 0.554. The van der Waals surface area contributed by atoms with Crippen molar-refractivity contribution in [1.29, 1.82) is 0 Å². The number of thiophene rings is 1. The Morgan fingerprint density at radius 1 is 1.31 bits per heavy atom. The van der Waals surface area contributed by atoms with E-state index < -0.39 is 0 Å². The van der Waals surface area contributed by atoms with Gasteiger partial charge in [-0.15, -0.1) is 11.3 Å². The lowest BCUT2D eigenvalue weighted by atomic mass is 10.1. The van der Waals surface area contributed by atoms with Crippen LogP contribution in [0.3, 0.4) is 0 Å². The summed E-state index contributed by atoms with van der Waals surface area (Å²) in [6, 6.07) is 9.02. The molecule has 154 valence electrons. The predicted octanol–water partition coefficient (Wildman–Crippen LogP) is 5.13. The smallest absolute Gasteiger partial charge is 0.262 e. The number of fused-ring (bicyclic) bond motifs is 1. The number of hydrogen-bond donors (Lipinski definition) is 1. The number of amides is 1. The summed E-state index contributed by atoms with van der Waals surface area (Å²) >= 11 is 8.97. The van der Waals surface area contributed by atoms with E-state index in [9.17, 15) is 9.59 Å². The maximum atomic E-state index is 13.0. The lowest BCUT2D eigenvalue weighted by Crippen LogP contribution is -2.29. The van der Waals surface area contributed by atoms with Crippen molar-refractivity contribution in [3.05, 3.63) is 56.0 Å². The molecule has 2 heterocycles. The Labute approximate surface area is 183 Å². The van der Waals surface area contributed by atoms with Crippen LogP contribution in [0, 0.1) is 5.92 Å². The van der Waals surface area contributed by atoms with E-state index in [-0.39, 0.29) is 23.3 Å². The van der Waals surface area contributed by atoms with Crippen molar-refractivity contribution in [3.63, 3.8) is 0 Å². The van der Waals surface area contributed by atoms with Crippen molar-refractivity contribution in [2.24, 2.45) is 5.92 Å². The summed E-state index contributed by atoms with van der Waals surface area (Å²) in [7, 11) is 0. The van der Waals surface area contributed by atoms with Crippen LogP contribution in [0.5, 0.6) is 0 Å². The molecule has 3 aromatic rings. The monoisotopic (exact) mass is 449 g/mol. The Morgan fingerprint density at radius 2 is 2.10 bits per heavy atom. The Kier molecular flexibility index (Phi) is 7.38. The highest BCUT2D eigenvalue weighted by atomic mass is 35.5. The second kappa shape index (κ2) is 9.78. The number of nitrogens with zero attached hydrogens (tertiary/aromatic N) is 2. The van der Waals surface area contributed by atoms with Crippen LogP contribution in [0.15, 0.2) is 45.7 Å². The van der Waals surface area contributed by atoms with Gasteiger partial charge in [0.1, 0.15) is 0 Å². The molecule has 1 aromatic carbocycles. The second-order valence-electron chi connectivity index (χ2n) is 7.29. The van der Waals surface area contributed by atoms with E-state index >= 15 is 0 Å². The molecule has 5 nitrogen and oxygen atoms in total. The molecule has 0 aliphatic carbocycles. The maximum absolute atomic E-state index is 13.0. The first-order valence-corrected chi connectivity index (χ1v) is 11.7. The molecule has 1 amide bonds. The molecule has 2 aromatic heterocycles. The number of halogens is 1. The van der Waals surface area contributed by atoms with E-state index in [0.717, 1.165) is 11.3 Å². The Hall–Kier alpha value is -1.83. The normalized spacial score (nSPS) is 12.4. The third-order valence-electron chi connectivity index (χ3n) is 4.49. The number of rotatable bonds is 8. The van der Waals surface area contributed by atoms with Crippen molar-refractivity contribution in [1.82, 2.24) is 14.9 Å². The molecule has 0 spiro atoms. The van der Waals surface area contributed by atoms with Gasteiger partial charge < -0.3 is 5.32 Å². The Balaban J connectivity index is 1.81. The highest BCUT2D eigenvalue weighted by molar-refractivity contribution is 7.99. The topological polar surface area (TPSA) is 64.0 Å². The SMILES string of the molecule is CC(C)CCn1c(SCC(=O)NC(C)c2cccs2)nc2cc(Cl)ccc2c1=O. The van der Waals surface area contributed by atoms with Crippen LogP contribution < -0.4 is 10.9 Å². The van der Waals surface area contributed by atoms with Crippen LogP contribution in [0.25, 0.3) is 10.9 Å². The molecule has 1 unspecified atom stereocenters. The van der Waals surface area contributed by atoms with E-state index in [1.165, 1.54) is 11.8 Å². The average Bonchev–Trinajstić information content (AvgIpc) is 3.20. The predicted molar refractivity (Wildman–Crippen MR) is 122 cm³/mol. The molecule has 0 aliphatic rings. The van der Waals surface area contributed by atoms with Crippen molar-refractivity contribution in [3.8, 4) is 0 Å². The van der Waals surface area contributed by atoms with Crippen LogP contribution in [-0.2, 0) is 11.3 Å². The second-order valence-corrected chi connectivity index (χ2v) is 9.65. The van der Waals surface area contributed by atoms with E-state index in [1.807, 2.05) is 24.4 Å². The summed E-state index contributed by atoms with van der Waals surface area (Å²) in [5, 5.41) is 6.60. The van der Waals surface area contributed by atoms with Gasteiger partial charge in [0, 0.05) is 16.4 Å². The third-order valence-corrected chi connectivity index (χ3v) is 6.76. The van der Waals surface area contributed by atoms with Gasteiger partial charge in [0.25, 0.3) is 5.56 Å². The van der Waals surface area contributed by atoms with E-state index in [0.29, 0.717) is 33.5 Å². The van der Waals surface area contributed by atoms with Gasteiger partial charge in [-0.25, -0.2) is 4.98 Å². The van der Waals surface area contributed by atoms with Gasteiger partial charge in [-0.05, 0) is 48.9 Å². The van der Waals surface area contributed by atoms with Crippen LogP contribution in [0.2, 0.25) is 5.02 Å². The first-order chi connectivity index (χ1) is 13.8. The molecule has 0 fully saturated rings. The molecule has 3 rings (SSSR count). The zero-order valence-corrected chi connectivity index (χ0v) is 19.0. The van der Waals surface area contributed by atoms with Gasteiger partial charge >= 0.3 is 0 Å². The van der Waals surface area contributed by atoms with Gasteiger partial charge in [0.15, 0.2) is 5.16 Å². The average molecular weight is 450 g/mol. The Bertz CT molecular complexity index is 1050. The number of carbonyl (C=O) groups is 1. The molecule has 1 N–H and O–H groups in total. The van der Waals surface area contributed by atoms with Gasteiger partial charge in [0.2, 0.25) is 5.91 Å². The third kappa shape index (κ3) is 5.62. The fourth-order valence-corrected chi connectivity index (χ4v) is 4.63. The summed E-state index contributed by atoms with van der Waals surface area (Å²) < 4.78 is 1.68. The van der Waals surface area contributed by atoms with Crippen molar-refractivity contribution >= 4 is 51.5 Å². The highest BCUT2D eigenvalue weighted by Crippen LogP contribution is 2.22. The fraction of sp³-hybridized carbons (Fsp3) is 0.381. The van der Waals surface area contributed by atoms with E-state index in [1.54, 1.807) is 34.1 Å². The zero-order chi connectivity index (χ0) is 21.0. The molecule has 0 saturated carbocycles. The minimum atomic E-state index is -0.0952. The van der Waals surface area contributed by atoms with Gasteiger partial charge in [-0.1, -0.05) is 43.3 Å². The molecule has 8 heteroatoms. The molecule has 0 radical (unpaired) electrons. The fourth-order valence-electron chi connectivity index (χ4n) is 2.89. The standard InChI is InChI=1S/C21H24ClN3O2S2/c1-13(2)8-9-25-20(27)16-7-6-15(22)11-17(16)24-21(25)29-12-19(26)23-14(3)18-5-4-10-28-18/h4-7,10-11,13-14H,8-9,12H2,1-3H3,(H,23,26). The van der Waals surface area contributed by atoms with E-state index in [2.05, 4.69) is 24.1 Å². The molecular formula is C21H24ClN3O2S2. The molecular weight excluding hydrogens is 426 g/mol. The highest BCUT2D eigenvalue weighted by Gasteiger charge is 2.16. The molecule has 0 aliphatic heterocycles. The van der Waals surface area contributed by atoms with E-state index in [4.69, 9.17) is 11.6 Å². The Morgan fingerprint density at radius 3 is 2.79 bits per heavy atom. The number of aromatic nitrogens is 2. The summed E-state index contributed by atoms with van der Waals surface area (Å²) in [6.45, 7) is 6.76. The minimum absolute atomic E-state index is 0.0467. The van der Waals surface area contributed by atoms with Crippen LogP contribution in [0.1, 0.15) is 38.1 Å². The molecule has 0 bridgehead atoms. The van der Waals surface area contributed by atoms with Crippen molar-refractivity contribution < 1.29 is 4.79 Å². The van der Waals surface area contributed by atoms with Crippen LogP contribution in [-0.4, -0.2) is 21.2 Å². The number of thioether (sulfide) groups is 1. The van der Waals surface area contributed by atoms with Crippen LogP contribution >= 0.6 is 34.7 Å². The van der Waals surface area contributed by atoms with Crippen molar-refractivity contribution in [2.45, 2.75) is 44.9 Å². The van der Waals surface area contributed by atoms with Gasteiger partial charge in [0.05, 0.1) is 22.7 Å². The number of carbonyl (C=O) groups excluding carboxylic acids is 1. The first kappa shape index (κ1) is 21.9.